The van der Waals surface area contributed by atoms with Crippen molar-refractivity contribution in [2.75, 3.05) is 0 Å². The molecule has 100 valence electrons. The molecule has 1 aromatic carbocycles. The highest BCUT2D eigenvalue weighted by atomic mass is 16.1. The number of carbonyl (C=O) groups excluding carboxylic acids is 1. The topological polar surface area (TPSA) is 60.9 Å². The van der Waals surface area contributed by atoms with Crippen molar-refractivity contribution >= 4 is 16.8 Å². The monoisotopic (exact) mass is 257 g/mol. The molecule has 1 aliphatic rings. The molecule has 3 rings (SSSR count). The molecule has 1 aliphatic carbocycles. The fourth-order valence-electron chi connectivity index (χ4n) is 2.77. The SMILES string of the molecule is CCn1c(CC(=O)C2(N)CCC2)nc2ccccc21. The number of para-hydroxylation sites is 2. The van der Waals surface area contributed by atoms with E-state index in [1.807, 2.05) is 24.3 Å². The van der Waals surface area contributed by atoms with Crippen molar-refractivity contribution in [3.05, 3.63) is 30.1 Å². The first-order chi connectivity index (χ1) is 9.14. The van der Waals surface area contributed by atoms with E-state index < -0.39 is 5.54 Å². The molecule has 2 aromatic rings. The van der Waals surface area contributed by atoms with Gasteiger partial charge < -0.3 is 10.3 Å². The van der Waals surface area contributed by atoms with Crippen molar-refractivity contribution in [1.29, 1.82) is 0 Å². The number of aryl methyl sites for hydroxylation is 1. The Morgan fingerprint density at radius 1 is 1.42 bits per heavy atom. The van der Waals surface area contributed by atoms with E-state index in [-0.39, 0.29) is 5.78 Å². The lowest BCUT2D eigenvalue weighted by atomic mass is 9.73. The maximum Gasteiger partial charge on any atom is 0.160 e. The zero-order valence-corrected chi connectivity index (χ0v) is 11.2. The molecular formula is C15H19N3O. The Labute approximate surface area is 112 Å². The maximum absolute atomic E-state index is 12.3. The van der Waals surface area contributed by atoms with Crippen LogP contribution >= 0.6 is 0 Å². The second-order valence-electron chi connectivity index (χ2n) is 5.37. The van der Waals surface area contributed by atoms with Crippen LogP contribution in [0.15, 0.2) is 24.3 Å². The van der Waals surface area contributed by atoms with E-state index in [1.54, 1.807) is 0 Å². The molecule has 0 saturated heterocycles. The van der Waals surface area contributed by atoms with Gasteiger partial charge in [-0.1, -0.05) is 12.1 Å². The van der Waals surface area contributed by atoms with Gasteiger partial charge in [0.2, 0.25) is 0 Å². The minimum Gasteiger partial charge on any atom is -0.328 e. The first-order valence-electron chi connectivity index (χ1n) is 6.90. The Morgan fingerprint density at radius 3 is 2.79 bits per heavy atom. The average molecular weight is 257 g/mol. The van der Waals surface area contributed by atoms with Gasteiger partial charge in [-0.25, -0.2) is 4.98 Å². The minimum absolute atomic E-state index is 0.128. The van der Waals surface area contributed by atoms with Crippen molar-refractivity contribution in [1.82, 2.24) is 9.55 Å². The van der Waals surface area contributed by atoms with Gasteiger partial charge in [0.15, 0.2) is 5.78 Å². The van der Waals surface area contributed by atoms with Crippen LogP contribution in [0.25, 0.3) is 11.0 Å². The molecule has 0 aliphatic heterocycles. The minimum atomic E-state index is -0.587. The Bertz CT molecular complexity index is 625. The third kappa shape index (κ3) is 1.96. The van der Waals surface area contributed by atoms with Crippen LogP contribution in [0.3, 0.4) is 0 Å². The summed E-state index contributed by atoms with van der Waals surface area (Å²) in [6.07, 6.45) is 3.04. The summed E-state index contributed by atoms with van der Waals surface area (Å²) in [7, 11) is 0. The third-order valence-electron chi connectivity index (χ3n) is 4.17. The van der Waals surface area contributed by atoms with Crippen molar-refractivity contribution in [2.45, 2.75) is 44.7 Å². The molecule has 2 N–H and O–H groups in total. The zero-order chi connectivity index (χ0) is 13.5. The first kappa shape index (κ1) is 12.4. The van der Waals surface area contributed by atoms with E-state index in [0.29, 0.717) is 6.42 Å². The molecule has 0 amide bonds. The lowest BCUT2D eigenvalue weighted by Gasteiger charge is -2.36. The molecule has 0 unspecified atom stereocenters. The molecule has 1 heterocycles. The number of aromatic nitrogens is 2. The van der Waals surface area contributed by atoms with Gasteiger partial charge in [0.25, 0.3) is 0 Å². The van der Waals surface area contributed by atoms with Gasteiger partial charge in [-0.05, 0) is 38.3 Å². The molecule has 0 bridgehead atoms. The second kappa shape index (κ2) is 4.46. The normalized spacial score (nSPS) is 17.4. The van der Waals surface area contributed by atoms with Crippen molar-refractivity contribution < 1.29 is 4.79 Å². The van der Waals surface area contributed by atoms with Crippen LogP contribution in [-0.2, 0) is 17.8 Å². The lowest BCUT2D eigenvalue weighted by Crippen LogP contribution is -2.54. The fourth-order valence-corrected chi connectivity index (χ4v) is 2.77. The number of Topliss-reactive ketones (excluding diaryl/α,β-unsaturated/α-hetero) is 1. The standard InChI is InChI=1S/C15H19N3O/c1-2-18-12-7-4-3-6-11(12)17-14(18)10-13(19)15(16)8-5-9-15/h3-4,6-7H,2,5,8-10,16H2,1H3. The summed E-state index contributed by atoms with van der Waals surface area (Å²) >= 11 is 0. The highest BCUT2D eigenvalue weighted by Gasteiger charge is 2.40. The predicted octanol–water partition coefficient (Wildman–Crippen LogP) is 2.05. The summed E-state index contributed by atoms with van der Waals surface area (Å²) in [4.78, 5) is 16.9. The summed E-state index contributed by atoms with van der Waals surface area (Å²) in [5.41, 5.74) is 7.55. The largest absolute Gasteiger partial charge is 0.328 e. The van der Waals surface area contributed by atoms with Crippen LogP contribution in [0, 0.1) is 0 Å². The zero-order valence-electron chi connectivity index (χ0n) is 11.2. The number of benzene rings is 1. The maximum atomic E-state index is 12.3. The number of ketones is 1. The number of rotatable bonds is 4. The fraction of sp³-hybridized carbons (Fsp3) is 0.467. The number of nitrogens with two attached hydrogens (primary N) is 1. The highest BCUT2D eigenvalue weighted by Crippen LogP contribution is 2.31. The predicted molar refractivity (Wildman–Crippen MR) is 74.9 cm³/mol. The molecule has 0 atom stereocenters. The first-order valence-corrected chi connectivity index (χ1v) is 6.90. The van der Waals surface area contributed by atoms with Gasteiger partial charge in [0.1, 0.15) is 5.82 Å². The van der Waals surface area contributed by atoms with Crippen molar-refractivity contribution in [3.8, 4) is 0 Å². The van der Waals surface area contributed by atoms with Crippen LogP contribution in [0.2, 0.25) is 0 Å². The summed E-state index contributed by atoms with van der Waals surface area (Å²) < 4.78 is 2.11. The molecule has 1 saturated carbocycles. The molecule has 1 fully saturated rings. The van der Waals surface area contributed by atoms with Crippen LogP contribution in [-0.4, -0.2) is 20.9 Å². The number of hydrogen-bond acceptors (Lipinski definition) is 3. The van der Waals surface area contributed by atoms with E-state index in [2.05, 4.69) is 16.5 Å². The molecule has 0 spiro atoms. The van der Waals surface area contributed by atoms with Crippen molar-refractivity contribution in [3.63, 3.8) is 0 Å². The number of nitrogens with zero attached hydrogens (tertiary/aromatic N) is 2. The van der Waals surface area contributed by atoms with Gasteiger partial charge in [0.05, 0.1) is 23.0 Å². The highest BCUT2D eigenvalue weighted by molar-refractivity contribution is 5.91. The second-order valence-corrected chi connectivity index (χ2v) is 5.37. The number of hydrogen-bond donors (Lipinski definition) is 1. The van der Waals surface area contributed by atoms with E-state index in [4.69, 9.17) is 5.73 Å². The van der Waals surface area contributed by atoms with E-state index >= 15 is 0 Å². The molecule has 0 radical (unpaired) electrons. The number of fused-ring (bicyclic) bond motifs is 1. The molecule has 1 aromatic heterocycles. The number of imidazole rings is 1. The average Bonchev–Trinajstić information content (AvgIpc) is 2.72. The van der Waals surface area contributed by atoms with Gasteiger partial charge in [0, 0.05) is 6.54 Å². The molecular weight excluding hydrogens is 238 g/mol. The van der Waals surface area contributed by atoms with Crippen LogP contribution in [0.4, 0.5) is 0 Å². The van der Waals surface area contributed by atoms with Gasteiger partial charge >= 0.3 is 0 Å². The van der Waals surface area contributed by atoms with Crippen LogP contribution in [0.5, 0.6) is 0 Å². The summed E-state index contributed by atoms with van der Waals surface area (Å²) in [6.45, 7) is 2.89. The molecule has 4 nitrogen and oxygen atoms in total. The van der Waals surface area contributed by atoms with Gasteiger partial charge in [-0.2, -0.15) is 0 Å². The van der Waals surface area contributed by atoms with E-state index in [9.17, 15) is 4.79 Å². The van der Waals surface area contributed by atoms with Crippen LogP contribution in [0.1, 0.15) is 32.0 Å². The third-order valence-corrected chi connectivity index (χ3v) is 4.17. The molecule has 19 heavy (non-hydrogen) atoms. The van der Waals surface area contributed by atoms with Crippen molar-refractivity contribution in [2.24, 2.45) is 5.73 Å². The van der Waals surface area contributed by atoms with Crippen LogP contribution < -0.4 is 5.73 Å². The van der Waals surface area contributed by atoms with E-state index in [0.717, 1.165) is 42.7 Å². The Morgan fingerprint density at radius 2 is 2.16 bits per heavy atom. The molecule has 4 heteroatoms. The lowest BCUT2D eigenvalue weighted by molar-refractivity contribution is -0.126. The number of carbonyl (C=O) groups is 1. The van der Waals surface area contributed by atoms with Gasteiger partial charge in [-0.15, -0.1) is 0 Å². The Balaban J connectivity index is 1.94. The van der Waals surface area contributed by atoms with E-state index in [1.165, 1.54) is 0 Å². The van der Waals surface area contributed by atoms with Gasteiger partial charge in [-0.3, -0.25) is 4.79 Å². The smallest absolute Gasteiger partial charge is 0.160 e. The summed E-state index contributed by atoms with van der Waals surface area (Å²) in [5.74, 6) is 0.967. The Hall–Kier alpha value is -1.68. The summed E-state index contributed by atoms with van der Waals surface area (Å²) in [6, 6.07) is 7.99. The summed E-state index contributed by atoms with van der Waals surface area (Å²) in [5, 5.41) is 0. The quantitative estimate of drug-likeness (QED) is 0.911. The Kier molecular flexibility index (Phi) is 2.90.